The molecule has 1 amide bonds. The third-order valence-electron chi connectivity index (χ3n) is 5.83. The van der Waals surface area contributed by atoms with Crippen molar-refractivity contribution in [2.75, 3.05) is 25.0 Å². The highest BCUT2D eigenvalue weighted by atomic mass is 19.1. The lowest BCUT2D eigenvalue weighted by atomic mass is 10.1. The van der Waals surface area contributed by atoms with Gasteiger partial charge in [0, 0.05) is 18.7 Å². The first-order valence-corrected chi connectivity index (χ1v) is 10.5. The Hall–Kier alpha value is -3.53. The van der Waals surface area contributed by atoms with Gasteiger partial charge in [-0.2, -0.15) is 4.68 Å². The summed E-state index contributed by atoms with van der Waals surface area (Å²) in [4.78, 5) is 27.9. The topological polar surface area (TPSA) is 111 Å². The second-order valence-corrected chi connectivity index (χ2v) is 8.07. The largest absolute Gasteiger partial charge is 0.482 e. The van der Waals surface area contributed by atoms with E-state index in [0.717, 1.165) is 34.5 Å². The van der Waals surface area contributed by atoms with Gasteiger partial charge >= 0.3 is 5.76 Å². The number of nitrogens with zero attached hydrogens (tertiary/aromatic N) is 3. The molecular formula is C22H22FN5O4. The van der Waals surface area contributed by atoms with Gasteiger partial charge in [0.2, 0.25) is 5.89 Å². The smallest absolute Gasteiger partial charge is 0.441 e. The van der Waals surface area contributed by atoms with Gasteiger partial charge in [-0.15, -0.1) is 5.10 Å². The number of pyridine rings is 1. The number of fused-ring (bicyclic) bond motifs is 2. The first-order chi connectivity index (χ1) is 15.5. The number of carbonyl (C=O) groups excluding carboxylic acids is 1. The van der Waals surface area contributed by atoms with Crippen molar-refractivity contribution >= 4 is 11.6 Å². The monoisotopic (exact) mass is 439 g/mol. The van der Waals surface area contributed by atoms with E-state index in [1.807, 2.05) is 6.92 Å². The SMILES string of the molecule is Cc1ncc(F)c2c1CC(CNCCc1nn(-c3ccc4c(c3)NC(=O)CO4)c(=O)o1)C2. The molecule has 1 aliphatic heterocycles. The van der Waals surface area contributed by atoms with Crippen LogP contribution in [0.25, 0.3) is 5.69 Å². The average molecular weight is 439 g/mol. The molecule has 0 saturated heterocycles. The summed E-state index contributed by atoms with van der Waals surface area (Å²) in [5, 5.41) is 10.3. The van der Waals surface area contributed by atoms with Crippen LogP contribution in [0.1, 0.15) is 22.7 Å². The Labute approximate surface area is 182 Å². The van der Waals surface area contributed by atoms with Crippen LogP contribution in [-0.4, -0.2) is 40.4 Å². The van der Waals surface area contributed by atoms with Crippen LogP contribution in [0, 0.1) is 18.7 Å². The van der Waals surface area contributed by atoms with Gasteiger partial charge in [-0.1, -0.05) is 0 Å². The zero-order valence-corrected chi connectivity index (χ0v) is 17.5. The summed E-state index contributed by atoms with van der Waals surface area (Å²) in [5.74, 6) is 0.0604. The number of hydrogen-bond acceptors (Lipinski definition) is 7. The Morgan fingerprint density at radius 2 is 2.12 bits per heavy atom. The second-order valence-electron chi connectivity index (χ2n) is 8.07. The quantitative estimate of drug-likeness (QED) is 0.561. The molecule has 2 aromatic heterocycles. The van der Waals surface area contributed by atoms with Crippen LogP contribution < -0.4 is 21.1 Å². The number of anilines is 1. The van der Waals surface area contributed by atoms with Gasteiger partial charge in [0.25, 0.3) is 5.91 Å². The fraction of sp³-hybridized carbons (Fsp3) is 0.364. The number of amides is 1. The summed E-state index contributed by atoms with van der Waals surface area (Å²) >= 11 is 0. The molecule has 5 rings (SSSR count). The van der Waals surface area contributed by atoms with Crippen molar-refractivity contribution in [3.63, 3.8) is 0 Å². The van der Waals surface area contributed by atoms with Crippen molar-refractivity contribution in [1.82, 2.24) is 20.1 Å². The van der Waals surface area contributed by atoms with Crippen molar-refractivity contribution < 1.29 is 18.3 Å². The van der Waals surface area contributed by atoms with E-state index >= 15 is 0 Å². The lowest BCUT2D eigenvalue weighted by Gasteiger charge is -2.18. The highest BCUT2D eigenvalue weighted by molar-refractivity contribution is 5.95. The van der Waals surface area contributed by atoms with Crippen LogP contribution in [0.15, 0.2) is 33.6 Å². The van der Waals surface area contributed by atoms with Crippen LogP contribution in [0.3, 0.4) is 0 Å². The molecule has 1 atom stereocenters. The van der Waals surface area contributed by atoms with Gasteiger partial charge in [0.15, 0.2) is 6.61 Å². The molecule has 0 spiro atoms. The van der Waals surface area contributed by atoms with Gasteiger partial charge in [-0.05, 0) is 61.6 Å². The predicted octanol–water partition coefficient (Wildman–Crippen LogP) is 1.55. The lowest BCUT2D eigenvalue weighted by molar-refractivity contribution is -0.118. The maximum atomic E-state index is 14.0. The summed E-state index contributed by atoms with van der Waals surface area (Å²) < 4.78 is 25.7. The predicted molar refractivity (Wildman–Crippen MR) is 113 cm³/mol. The maximum absolute atomic E-state index is 14.0. The molecule has 9 nitrogen and oxygen atoms in total. The number of hydrogen-bond donors (Lipinski definition) is 2. The summed E-state index contributed by atoms with van der Waals surface area (Å²) in [6, 6.07) is 4.97. The van der Waals surface area contributed by atoms with Gasteiger partial charge in [-0.25, -0.2) is 9.18 Å². The van der Waals surface area contributed by atoms with Crippen molar-refractivity contribution in [3.8, 4) is 11.4 Å². The minimum atomic E-state index is -0.604. The number of rotatable bonds is 6. The third kappa shape index (κ3) is 3.89. The zero-order valence-electron chi connectivity index (χ0n) is 17.5. The van der Waals surface area contributed by atoms with Crippen molar-refractivity contribution in [3.05, 3.63) is 63.5 Å². The summed E-state index contributed by atoms with van der Waals surface area (Å²) in [7, 11) is 0. The summed E-state index contributed by atoms with van der Waals surface area (Å²) in [6.07, 6.45) is 3.23. The van der Waals surface area contributed by atoms with Crippen LogP contribution >= 0.6 is 0 Å². The van der Waals surface area contributed by atoms with E-state index in [1.54, 1.807) is 18.2 Å². The number of halogens is 1. The molecule has 1 unspecified atom stereocenters. The molecule has 2 N–H and O–H groups in total. The minimum Gasteiger partial charge on any atom is -0.482 e. The van der Waals surface area contributed by atoms with E-state index in [4.69, 9.17) is 9.15 Å². The van der Waals surface area contributed by atoms with Gasteiger partial charge < -0.3 is 19.8 Å². The van der Waals surface area contributed by atoms with E-state index in [-0.39, 0.29) is 18.3 Å². The summed E-state index contributed by atoms with van der Waals surface area (Å²) in [6.45, 7) is 3.17. The van der Waals surface area contributed by atoms with Crippen molar-refractivity contribution in [2.45, 2.75) is 26.2 Å². The van der Waals surface area contributed by atoms with Gasteiger partial charge in [0.05, 0.1) is 17.6 Å². The first kappa shape index (κ1) is 20.4. The average Bonchev–Trinajstić information content (AvgIpc) is 3.38. The normalized spacial score (nSPS) is 16.9. The van der Waals surface area contributed by atoms with Crippen LogP contribution in [0.5, 0.6) is 5.75 Å². The lowest BCUT2D eigenvalue weighted by Crippen LogP contribution is -2.25. The van der Waals surface area contributed by atoms with E-state index in [0.29, 0.717) is 48.3 Å². The molecule has 1 aromatic carbocycles. The molecule has 0 saturated carbocycles. The summed E-state index contributed by atoms with van der Waals surface area (Å²) in [5.41, 5.74) is 3.65. The fourth-order valence-electron chi connectivity index (χ4n) is 4.24. The van der Waals surface area contributed by atoms with Crippen molar-refractivity contribution in [2.24, 2.45) is 5.92 Å². The van der Waals surface area contributed by atoms with Crippen molar-refractivity contribution in [1.29, 1.82) is 0 Å². The molecular weight excluding hydrogens is 417 g/mol. The minimum absolute atomic E-state index is 0.0359. The Morgan fingerprint density at radius 3 is 2.97 bits per heavy atom. The number of nitrogens with one attached hydrogen (secondary N) is 2. The zero-order chi connectivity index (χ0) is 22.2. The molecule has 1 aliphatic carbocycles. The second kappa shape index (κ2) is 8.19. The number of benzene rings is 1. The first-order valence-electron chi connectivity index (χ1n) is 10.5. The molecule has 10 heteroatoms. The third-order valence-corrected chi connectivity index (χ3v) is 5.83. The Morgan fingerprint density at radius 1 is 1.28 bits per heavy atom. The van der Waals surface area contributed by atoms with E-state index in [2.05, 4.69) is 20.7 Å². The molecule has 2 aliphatic rings. The Kier molecular flexibility index (Phi) is 5.22. The molecule has 3 aromatic rings. The number of aromatic nitrogens is 3. The van der Waals surface area contributed by atoms with E-state index in [9.17, 15) is 14.0 Å². The van der Waals surface area contributed by atoms with Crippen LogP contribution in [-0.2, 0) is 24.1 Å². The Balaban J connectivity index is 1.18. The van der Waals surface area contributed by atoms with Gasteiger partial charge in [0.1, 0.15) is 11.6 Å². The molecule has 0 bridgehead atoms. The maximum Gasteiger partial charge on any atom is 0.441 e. The molecule has 32 heavy (non-hydrogen) atoms. The number of aryl methyl sites for hydroxylation is 1. The highest BCUT2D eigenvalue weighted by Gasteiger charge is 2.26. The Bertz CT molecular complexity index is 1220. The highest BCUT2D eigenvalue weighted by Crippen LogP contribution is 2.30. The van der Waals surface area contributed by atoms with Crippen LogP contribution in [0.4, 0.5) is 10.1 Å². The van der Waals surface area contributed by atoms with Crippen LogP contribution in [0.2, 0.25) is 0 Å². The number of carbonyl (C=O) groups is 1. The number of ether oxygens (including phenoxy) is 1. The standard InChI is InChI=1S/C22H22FN5O4/c1-12-15-6-13(7-16(15)17(23)10-25-12)9-24-5-4-21-27-28(22(30)32-21)14-2-3-19-18(8-14)26-20(29)11-31-19/h2-3,8,10,13,24H,4-7,9,11H2,1H3,(H,26,29). The molecule has 0 radical (unpaired) electrons. The molecule has 0 fully saturated rings. The van der Waals surface area contributed by atoms with Gasteiger partial charge in [-0.3, -0.25) is 9.78 Å². The van der Waals surface area contributed by atoms with E-state index < -0.39 is 5.76 Å². The van der Waals surface area contributed by atoms with E-state index in [1.165, 1.54) is 6.20 Å². The molecule has 3 heterocycles. The molecule has 166 valence electrons. The fourth-order valence-corrected chi connectivity index (χ4v) is 4.24.